The molecule has 0 aliphatic rings. The minimum absolute atomic E-state index is 0.206. The first-order chi connectivity index (χ1) is 9.16. The van der Waals surface area contributed by atoms with Crippen LogP contribution in [0.3, 0.4) is 0 Å². The number of nitrogens with zero attached hydrogens (tertiary/aromatic N) is 2. The highest BCUT2D eigenvalue weighted by Crippen LogP contribution is 2.34. The molecule has 0 bridgehead atoms. The van der Waals surface area contributed by atoms with Crippen molar-refractivity contribution in [1.29, 1.82) is 0 Å². The van der Waals surface area contributed by atoms with Crippen LogP contribution in [0.5, 0.6) is 6.01 Å². The average molecular weight is 264 g/mol. The molecule has 0 aliphatic heterocycles. The Labute approximate surface area is 117 Å². The zero-order valence-corrected chi connectivity index (χ0v) is 12.9. The lowest BCUT2D eigenvalue weighted by Crippen LogP contribution is -2.22. The predicted octanol–water partition coefficient (Wildman–Crippen LogP) is 4.51. The quantitative estimate of drug-likeness (QED) is 0.615. The van der Waals surface area contributed by atoms with E-state index in [1.54, 1.807) is 7.11 Å². The summed E-state index contributed by atoms with van der Waals surface area (Å²) in [5, 5.41) is 0. The van der Waals surface area contributed by atoms with Crippen molar-refractivity contribution in [2.75, 3.05) is 7.11 Å². The minimum Gasteiger partial charge on any atom is -0.467 e. The fraction of sp³-hybridized carbons (Fsp3) is 0.750. The lowest BCUT2D eigenvalue weighted by atomic mass is 9.75. The summed E-state index contributed by atoms with van der Waals surface area (Å²) in [5.74, 6) is 0. The van der Waals surface area contributed by atoms with Crippen molar-refractivity contribution in [2.24, 2.45) is 0 Å². The van der Waals surface area contributed by atoms with E-state index < -0.39 is 0 Å². The minimum atomic E-state index is 0.206. The summed E-state index contributed by atoms with van der Waals surface area (Å²) in [6, 6.07) is 0.454. The van der Waals surface area contributed by atoms with Crippen LogP contribution in [-0.2, 0) is 5.41 Å². The Hall–Kier alpha value is -1.12. The predicted molar refractivity (Wildman–Crippen MR) is 79.6 cm³/mol. The highest BCUT2D eigenvalue weighted by atomic mass is 16.5. The van der Waals surface area contributed by atoms with E-state index >= 15 is 0 Å². The topological polar surface area (TPSA) is 35.0 Å². The third-order valence-electron chi connectivity index (χ3n) is 3.92. The van der Waals surface area contributed by atoms with Gasteiger partial charge in [0.1, 0.15) is 0 Å². The first-order valence-electron chi connectivity index (χ1n) is 7.52. The maximum absolute atomic E-state index is 5.04. The molecule has 1 heterocycles. The van der Waals surface area contributed by atoms with Gasteiger partial charge in [0.2, 0.25) is 0 Å². The molecule has 1 aromatic rings. The summed E-state index contributed by atoms with van der Waals surface area (Å²) in [6.45, 7) is 6.85. The lowest BCUT2D eigenvalue weighted by molar-refractivity contribution is 0.358. The summed E-state index contributed by atoms with van der Waals surface area (Å²) >= 11 is 0. The Balaban J connectivity index is 2.80. The van der Waals surface area contributed by atoms with E-state index in [-0.39, 0.29) is 5.41 Å². The summed E-state index contributed by atoms with van der Waals surface area (Å²) in [4.78, 5) is 8.53. The van der Waals surface area contributed by atoms with E-state index in [0.29, 0.717) is 6.01 Å². The molecule has 0 fully saturated rings. The fourth-order valence-electron chi connectivity index (χ4n) is 2.48. The molecule has 1 unspecified atom stereocenters. The molecule has 108 valence electrons. The molecular weight excluding hydrogens is 236 g/mol. The Morgan fingerprint density at radius 2 is 1.58 bits per heavy atom. The zero-order valence-electron chi connectivity index (χ0n) is 12.9. The third-order valence-corrected chi connectivity index (χ3v) is 3.92. The SMILES string of the molecule is CCCCCC(C)(CCCC)c1cnc(OC)nc1. The molecule has 0 aromatic carbocycles. The van der Waals surface area contributed by atoms with Crippen molar-refractivity contribution in [3.63, 3.8) is 0 Å². The maximum atomic E-state index is 5.04. The summed E-state index contributed by atoms with van der Waals surface area (Å²) in [7, 11) is 1.60. The van der Waals surface area contributed by atoms with Crippen molar-refractivity contribution in [3.8, 4) is 6.01 Å². The number of aromatic nitrogens is 2. The number of rotatable bonds is 9. The van der Waals surface area contributed by atoms with E-state index in [0.717, 1.165) is 0 Å². The van der Waals surface area contributed by atoms with Gasteiger partial charge in [-0.3, -0.25) is 0 Å². The number of ether oxygens (including phenoxy) is 1. The van der Waals surface area contributed by atoms with Gasteiger partial charge in [-0.15, -0.1) is 0 Å². The maximum Gasteiger partial charge on any atom is 0.316 e. The summed E-state index contributed by atoms with van der Waals surface area (Å²) in [6.07, 6.45) is 12.7. The third kappa shape index (κ3) is 4.81. The number of methoxy groups -OCH3 is 1. The standard InChI is InChI=1S/C16H28N2O/c1-5-7-9-11-16(3,10-8-6-2)14-12-17-15(19-4)18-13-14/h12-13H,5-11H2,1-4H3. The van der Waals surface area contributed by atoms with Crippen molar-refractivity contribution in [3.05, 3.63) is 18.0 Å². The lowest BCUT2D eigenvalue weighted by Gasteiger charge is -2.29. The summed E-state index contributed by atoms with van der Waals surface area (Å²) in [5.41, 5.74) is 1.45. The van der Waals surface area contributed by atoms with Gasteiger partial charge in [0.25, 0.3) is 0 Å². The molecule has 0 saturated carbocycles. The molecule has 0 amide bonds. The fourth-order valence-corrected chi connectivity index (χ4v) is 2.48. The smallest absolute Gasteiger partial charge is 0.316 e. The van der Waals surface area contributed by atoms with E-state index in [1.807, 2.05) is 12.4 Å². The van der Waals surface area contributed by atoms with Gasteiger partial charge in [-0.2, -0.15) is 0 Å². The van der Waals surface area contributed by atoms with E-state index in [2.05, 4.69) is 30.7 Å². The normalized spacial score (nSPS) is 14.1. The second kappa shape index (κ2) is 8.13. The molecule has 1 aromatic heterocycles. The number of hydrogen-bond donors (Lipinski definition) is 0. The molecule has 19 heavy (non-hydrogen) atoms. The molecule has 3 nitrogen and oxygen atoms in total. The van der Waals surface area contributed by atoms with Gasteiger partial charge in [0.15, 0.2) is 0 Å². The monoisotopic (exact) mass is 264 g/mol. The average Bonchev–Trinajstić information content (AvgIpc) is 2.45. The van der Waals surface area contributed by atoms with Gasteiger partial charge < -0.3 is 4.74 Å². The van der Waals surface area contributed by atoms with E-state index in [1.165, 1.54) is 50.5 Å². The molecule has 1 atom stereocenters. The zero-order chi connectivity index (χ0) is 14.1. The molecule has 0 saturated heterocycles. The Morgan fingerprint density at radius 1 is 1.00 bits per heavy atom. The van der Waals surface area contributed by atoms with Crippen molar-refractivity contribution < 1.29 is 4.74 Å². The molecular formula is C16H28N2O. The van der Waals surface area contributed by atoms with Gasteiger partial charge in [0, 0.05) is 12.4 Å². The Kier molecular flexibility index (Phi) is 6.82. The van der Waals surface area contributed by atoms with Crippen LogP contribution in [0.15, 0.2) is 12.4 Å². The van der Waals surface area contributed by atoms with Gasteiger partial charge in [0.05, 0.1) is 7.11 Å². The Morgan fingerprint density at radius 3 is 2.11 bits per heavy atom. The molecule has 0 N–H and O–H groups in total. The largest absolute Gasteiger partial charge is 0.467 e. The van der Waals surface area contributed by atoms with Crippen LogP contribution >= 0.6 is 0 Å². The van der Waals surface area contributed by atoms with Crippen LogP contribution in [0.1, 0.15) is 71.3 Å². The number of unbranched alkanes of at least 4 members (excludes halogenated alkanes) is 3. The van der Waals surface area contributed by atoms with Crippen LogP contribution in [0.4, 0.5) is 0 Å². The molecule has 0 aliphatic carbocycles. The molecule has 0 spiro atoms. The van der Waals surface area contributed by atoms with Crippen LogP contribution < -0.4 is 4.74 Å². The van der Waals surface area contributed by atoms with Gasteiger partial charge >= 0.3 is 6.01 Å². The van der Waals surface area contributed by atoms with Crippen LogP contribution in [0.2, 0.25) is 0 Å². The van der Waals surface area contributed by atoms with Crippen molar-refractivity contribution in [1.82, 2.24) is 9.97 Å². The van der Waals surface area contributed by atoms with Gasteiger partial charge in [-0.1, -0.05) is 52.9 Å². The van der Waals surface area contributed by atoms with Crippen LogP contribution in [0.25, 0.3) is 0 Å². The van der Waals surface area contributed by atoms with E-state index in [9.17, 15) is 0 Å². The van der Waals surface area contributed by atoms with Gasteiger partial charge in [-0.05, 0) is 23.8 Å². The second-order valence-electron chi connectivity index (χ2n) is 5.58. The van der Waals surface area contributed by atoms with Gasteiger partial charge in [-0.25, -0.2) is 9.97 Å². The Bertz CT molecular complexity index is 350. The first kappa shape index (κ1) is 15.9. The molecule has 3 heteroatoms. The highest BCUT2D eigenvalue weighted by molar-refractivity contribution is 5.19. The molecule has 1 rings (SSSR count). The molecule has 0 radical (unpaired) electrons. The van der Waals surface area contributed by atoms with Crippen LogP contribution in [0, 0.1) is 0 Å². The highest BCUT2D eigenvalue weighted by Gasteiger charge is 2.26. The first-order valence-corrected chi connectivity index (χ1v) is 7.52. The summed E-state index contributed by atoms with van der Waals surface area (Å²) < 4.78 is 5.04. The van der Waals surface area contributed by atoms with Crippen LogP contribution in [-0.4, -0.2) is 17.1 Å². The second-order valence-corrected chi connectivity index (χ2v) is 5.58. The van der Waals surface area contributed by atoms with Crippen molar-refractivity contribution >= 4 is 0 Å². The van der Waals surface area contributed by atoms with E-state index in [4.69, 9.17) is 4.74 Å². The number of hydrogen-bond acceptors (Lipinski definition) is 3. The van der Waals surface area contributed by atoms with Crippen molar-refractivity contribution in [2.45, 2.75) is 71.1 Å².